The van der Waals surface area contributed by atoms with Crippen molar-refractivity contribution in [3.8, 4) is 33.8 Å². The Hall–Kier alpha value is -8.41. The zero-order chi connectivity index (χ0) is 43.9. The van der Waals surface area contributed by atoms with Crippen molar-refractivity contribution in [2.45, 2.75) is 20.8 Å². The van der Waals surface area contributed by atoms with Gasteiger partial charge in [0.1, 0.15) is 22.3 Å². The van der Waals surface area contributed by atoms with Crippen molar-refractivity contribution in [2.75, 3.05) is 0 Å². The quantitative estimate of drug-likeness (QED) is 0.145. The van der Waals surface area contributed by atoms with Gasteiger partial charge in [-0.1, -0.05) is 127 Å². The first-order valence-electron chi connectivity index (χ1n) is 21.9. The van der Waals surface area contributed by atoms with Gasteiger partial charge in [-0.05, 0) is 132 Å². The highest BCUT2D eigenvalue weighted by atomic mass is 16.3. The third kappa shape index (κ3) is 7.74. The highest BCUT2D eigenvalue weighted by molar-refractivity contribution is 6.10. The van der Waals surface area contributed by atoms with Crippen LogP contribution >= 0.6 is 0 Å². The van der Waals surface area contributed by atoms with E-state index in [2.05, 4.69) is 154 Å². The first-order chi connectivity index (χ1) is 31.9. The molecule has 0 saturated carbocycles. The lowest BCUT2D eigenvalue weighted by Gasteiger charge is -2.08. The second kappa shape index (κ2) is 16.7. The Kier molecular flexibility index (Phi) is 10.1. The summed E-state index contributed by atoms with van der Waals surface area (Å²) in [6.07, 6.45) is 18.8. The molecule has 0 fully saturated rings. The molecule has 0 spiro atoms. The molecule has 0 N–H and O–H groups in total. The smallest absolute Gasteiger partial charge is 0.144 e. The number of fused-ring (bicyclic) bond motifs is 6. The van der Waals surface area contributed by atoms with Crippen LogP contribution in [0.5, 0.6) is 0 Å². The summed E-state index contributed by atoms with van der Waals surface area (Å²) in [6.45, 7) is 6.41. The summed E-state index contributed by atoms with van der Waals surface area (Å²) in [4.78, 5) is 14.7. The second-order valence-electron chi connectivity index (χ2n) is 16.6. The van der Waals surface area contributed by atoms with Crippen molar-refractivity contribution in [1.29, 1.82) is 0 Å². The van der Waals surface area contributed by atoms with Crippen molar-refractivity contribution in [1.82, 2.24) is 15.0 Å². The fourth-order valence-electron chi connectivity index (χ4n) is 8.73. The van der Waals surface area contributed by atoms with Gasteiger partial charge >= 0.3 is 0 Å². The molecular weight excluding hydrogens is 795 g/mol. The Morgan fingerprint density at radius 1 is 0.354 bits per heavy atom. The fraction of sp³-hybridized carbons (Fsp3) is 0.0500. The van der Waals surface area contributed by atoms with Gasteiger partial charge in [0, 0.05) is 56.8 Å². The number of furan rings is 2. The first-order valence-corrected chi connectivity index (χ1v) is 21.9. The standard InChI is InChI=1S/C60H43N3O2/c1-38-29-54(44-13-5-4-6-14-44)61-35-45(38)26-23-41-32-42(24-27-46-36-62-55(30-39(46)2)52-19-11-17-50-48-15-7-9-21-57(48)64-59(50)52)34-43(33-41)25-28-47-37-63-56(31-40(47)3)53-20-12-18-51-49-16-8-10-22-58(49)65-60(51)53/h4-37H,1-3H3/b26-23+,27-24+,28-25+. The lowest BCUT2D eigenvalue weighted by molar-refractivity contribution is 0.669. The first kappa shape index (κ1) is 39.4. The van der Waals surface area contributed by atoms with Crippen LogP contribution in [-0.4, -0.2) is 15.0 Å². The van der Waals surface area contributed by atoms with Gasteiger partial charge in [0.05, 0.1) is 17.1 Å². The predicted molar refractivity (Wildman–Crippen MR) is 271 cm³/mol. The molecular formula is C60H43N3O2. The number of pyridine rings is 3. The average Bonchev–Trinajstić information content (AvgIpc) is 3.92. The van der Waals surface area contributed by atoms with E-state index in [1.807, 2.05) is 73.2 Å². The van der Waals surface area contributed by atoms with Gasteiger partial charge in [-0.25, -0.2) is 0 Å². The van der Waals surface area contributed by atoms with Crippen LogP contribution in [0.25, 0.3) is 114 Å². The molecule has 65 heavy (non-hydrogen) atoms. The molecule has 11 aromatic rings. The normalized spacial score (nSPS) is 12.0. The summed E-state index contributed by atoms with van der Waals surface area (Å²) in [7, 11) is 0. The van der Waals surface area contributed by atoms with E-state index in [0.717, 1.165) is 128 Å². The third-order valence-corrected chi connectivity index (χ3v) is 12.2. The van der Waals surface area contributed by atoms with E-state index >= 15 is 0 Å². The molecule has 6 aromatic carbocycles. The van der Waals surface area contributed by atoms with Crippen molar-refractivity contribution < 1.29 is 8.83 Å². The Labute approximate surface area is 377 Å². The molecule has 0 bridgehead atoms. The summed E-state index contributed by atoms with van der Waals surface area (Å²) in [5.41, 5.74) is 19.1. The molecule has 0 aliphatic rings. The zero-order valence-electron chi connectivity index (χ0n) is 36.3. The highest BCUT2D eigenvalue weighted by Gasteiger charge is 2.15. The number of aryl methyl sites for hydroxylation is 3. The monoisotopic (exact) mass is 837 g/mol. The number of aromatic nitrogens is 3. The lowest BCUT2D eigenvalue weighted by atomic mass is 10.00. The number of nitrogens with zero attached hydrogens (tertiary/aromatic N) is 3. The predicted octanol–water partition coefficient (Wildman–Crippen LogP) is 16.1. The van der Waals surface area contributed by atoms with E-state index in [0.29, 0.717) is 0 Å². The van der Waals surface area contributed by atoms with Crippen LogP contribution in [-0.2, 0) is 0 Å². The maximum Gasteiger partial charge on any atom is 0.144 e. The van der Waals surface area contributed by atoms with Crippen molar-refractivity contribution >= 4 is 80.3 Å². The largest absolute Gasteiger partial charge is 0.455 e. The molecule has 11 rings (SSSR count). The average molecular weight is 838 g/mol. The zero-order valence-corrected chi connectivity index (χ0v) is 36.3. The van der Waals surface area contributed by atoms with Crippen molar-refractivity contribution in [2.24, 2.45) is 0 Å². The van der Waals surface area contributed by atoms with E-state index in [4.69, 9.17) is 23.8 Å². The second-order valence-corrected chi connectivity index (χ2v) is 16.6. The number of para-hydroxylation sites is 4. The Morgan fingerprint density at radius 3 is 1.18 bits per heavy atom. The Bertz CT molecular complexity index is 3510. The Morgan fingerprint density at radius 2 is 0.738 bits per heavy atom. The number of hydrogen-bond donors (Lipinski definition) is 0. The van der Waals surface area contributed by atoms with Gasteiger partial charge < -0.3 is 8.83 Å². The van der Waals surface area contributed by atoms with E-state index in [-0.39, 0.29) is 0 Å². The minimum absolute atomic E-state index is 0.856. The molecule has 310 valence electrons. The Balaban J connectivity index is 0.911. The van der Waals surface area contributed by atoms with Gasteiger partial charge in [0.15, 0.2) is 0 Å². The van der Waals surface area contributed by atoms with Crippen LogP contribution in [0.4, 0.5) is 0 Å². The topological polar surface area (TPSA) is 65.0 Å². The van der Waals surface area contributed by atoms with E-state index in [1.165, 1.54) is 0 Å². The molecule has 5 aromatic heterocycles. The fourth-order valence-corrected chi connectivity index (χ4v) is 8.73. The molecule has 0 aliphatic heterocycles. The SMILES string of the molecule is Cc1cc(-c2ccccc2)ncc1/C=C/c1cc(/C=C/c2cnc(-c3cccc4c3oc3ccccc34)cc2C)cc(/C=C/c2cnc(-c3cccc4c3oc3ccccc34)cc2C)c1. The van der Waals surface area contributed by atoms with Gasteiger partial charge in [-0.2, -0.15) is 0 Å². The van der Waals surface area contributed by atoms with Crippen LogP contribution in [0, 0.1) is 20.8 Å². The molecule has 5 heterocycles. The molecule has 0 atom stereocenters. The lowest BCUT2D eigenvalue weighted by Crippen LogP contribution is -1.90. The maximum absolute atomic E-state index is 6.34. The minimum Gasteiger partial charge on any atom is -0.455 e. The minimum atomic E-state index is 0.856. The molecule has 5 heteroatoms. The van der Waals surface area contributed by atoms with Crippen LogP contribution in [0.1, 0.15) is 50.1 Å². The summed E-state index contributed by atoms with van der Waals surface area (Å²) in [5.74, 6) is 0. The summed E-state index contributed by atoms with van der Waals surface area (Å²) in [6, 6.07) is 52.3. The van der Waals surface area contributed by atoms with Crippen LogP contribution in [0.3, 0.4) is 0 Å². The number of benzene rings is 6. The summed E-state index contributed by atoms with van der Waals surface area (Å²) < 4.78 is 12.7. The number of hydrogen-bond acceptors (Lipinski definition) is 5. The van der Waals surface area contributed by atoms with Crippen molar-refractivity contribution in [3.05, 3.63) is 220 Å². The highest BCUT2D eigenvalue weighted by Crippen LogP contribution is 2.37. The van der Waals surface area contributed by atoms with Crippen molar-refractivity contribution in [3.63, 3.8) is 0 Å². The van der Waals surface area contributed by atoms with Gasteiger partial charge in [-0.3, -0.25) is 15.0 Å². The van der Waals surface area contributed by atoms with Gasteiger partial charge in [0.25, 0.3) is 0 Å². The van der Waals surface area contributed by atoms with E-state index < -0.39 is 0 Å². The van der Waals surface area contributed by atoms with Crippen LogP contribution < -0.4 is 0 Å². The summed E-state index contributed by atoms with van der Waals surface area (Å²) >= 11 is 0. The van der Waals surface area contributed by atoms with Crippen LogP contribution in [0.2, 0.25) is 0 Å². The third-order valence-electron chi connectivity index (χ3n) is 12.2. The molecule has 0 unspecified atom stereocenters. The van der Waals surface area contributed by atoms with E-state index in [1.54, 1.807) is 0 Å². The maximum atomic E-state index is 6.34. The summed E-state index contributed by atoms with van der Waals surface area (Å²) in [5, 5.41) is 4.40. The molecule has 0 aliphatic carbocycles. The molecule has 5 nitrogen and oxygen atoms in total. The molecule has 0 saturated heterocycles. The van der Waals surface area contributed by atoms with Gasteiger partial charge in [-0.15, -0.1) is 0 Å². The molecule has 0 radical (unpaired) electrons. The number of rotatable bonds is 9. The van der Waals surface area contributed by atoms with Gasteiger partial charge in [0.2, 0.25) is 0 Å². The van der Waals surface area contributed by atoms with Crippen LogP contribution in [0.15, 0.2) is 179 Å². The molecule has 0 amide bonds. The van der Waals surface area contributed by atoms with E-state index in [9.17, 15) is 0 Å².